The van der Waals surface area contributed by atoms with Crippen LogP contribution in [0.1, 0.15) is 27.0 Å². The van der Waals surface area contributed by atoms with Crippen LogP contribution >= 0.6 is 0 Å². The average Bonchev–Trinajstić information content (AvgIpc) is 2.90. The van der Waals surface area contributed by atoms with Gasteiger partial charge < -0.3 is 21.2 Å². The highest BCUT2D eigenvalue weighted by atomic mass is 19.1. The highest BCUT2D eigenvalue weighted by molar-refractivity contribution is 6.05. The van der Waals surface area contributed by atoms with Crippen LogP contribution in [0.3, 0.4) is 0 Å². The smallest absolute Gasteiger partial charge is 0.258 e. The number of nitrogen functional groups attached to an aromatic ring is 2. The van der Waals surface area contributed by atoms with Gasteiger partial charge in [-0.3, -0.25) is 10.6 Å². The van der Waals surface area contributed by atoms with Crippen LogP contribution in [-0.4, -0.2) is 10.9 Å². The molecule has 180 valence electrons. The average molecular weight is 483 g/mol. The third-order valence-corrected chi connectivity index (χ3v) is 5.42. The second-order valence-corrected chi connectivity index (χ2v) is 7.92. The number of hydrazine groups is 1. The first-order chi connectivity index (χ1) is 17.5. The van der Waals surface area contributed by atoms with Crippen molar-refractivity contribution in [1.82, 2.24) is 4.98 Å². The number of hydrogen-bond donors (Lipinski definition) is 4. The second-order valence-electron chi connectivity index (χ2n) is 7.92. The summed E-state index contributed by atoms with van der Waals surface area (Å²) in [4.78, 5) is 17.0. The van der Waals surface area contributed by atoms with Crippen LogP contribution in [0.4, 0.5) is 21.6 Å². The first-order valence-corrected chi connectivity index (χ1v) is 11.0. The van der Waals surface area contributed by atoms with Gasteiger partial charge in [-0.25, -0.2) is 9.37 Å². The highest BCUT2D eigenvalue weighted by Crippen LogP contribution is 2.25. The van der Waals surface area contributed by atoms with Gasteiger partial charge in [-0.05, 0) is 65.7 Å². The van der Waals surface area contributed by atoms with Gasteiger partial charge in [-0.2, -0.15) is 5.26 Å². The lowest BCUT2D eigenvalue weighted by molar-refractivity contribution is 0.102. The monoisotopic (exact) mass is 482 g/mol. The molecule has 0 saturated heterocycles. The van der Waals surface area contributed by atoms with Crippen molar-refractivity contribution in [1.29, 1.82) is 5.26 Å². The van der Waals surface area contributed by atoms with E-state index in [1.165, 1.54) is 18.2 Å². The molecule has 8 nitrogen and oxygen atoms in total. The maximum Gasteiger partial charge on any atom is 0.258 e. The Bertz CT molecular complexity index is 1420. The molecule has 0 aliphatic heterocycles. The minimum atomic E-state index is -0.655. The standard InChI is InChI=1S/C27H23FN6O2/c28-23-10-7-20(24-11-12-25(34-31)26(30)33-24)13-22(23)27(35)32-21-8-5-19(6-9-21)16-36-15-18-3-1-17(14-29)2-4-18/h1-13,34H,15-16,31H2,(H2,30,33)(H,32,35). The summed E-state index contributed by atoms with van der Waals surface area (Å²) in [6, 6.07) is 23.8. The van der Waals surface area contributed by atoms with Crippen molar-refractivity contribution in [2.45, 2.75) is 13.2 Å². The van der Waals surface area contributed by atoms with E-state index in [1.54, 1.807) is 36.4 Å². The molecule has 0 fully saturated rings. The Kier molecular flexibility index (Phi) is 7.51. The maximum atomic E-state index is 14.5. The Morgan fingerprint density at radius 2 is 1.64 bits per heavy atom. The number of hydrogen-bond acceptors (Lipinski definition) is 7. The summed E-state index contributed by atoms with van der Waals surface area (Å²) in [6.07, 6.45) is 0. The van der Waals surface area contributed by atoms with E-state index in [1.807, 2.05) is 24.3 Å². The molecule has 0 spiro atoms. The van der Waals surface area contributed by atoms with E-state index in [-0.39, 0.29) is 11.4 Å². The van der Waals surface area contributed by atoms with E-state index in [9.17, 15) is 9.18 Å². The molecule has 0 unspecified atom stereocenters. The third-order valence-electron chi connectivity index (χ3n) is 5.42. The summed E-state index contributed by atoms with van der Waals surface area (Å²) < 4.78 is 20.2. The van der Waals surface area contributed by atoms with E-state index < -0.39 is 11.7 Å². The largest absolute Gasteiger partial charge is 0.382 e. The van der Waals surface area contributed by atoms with E-state index in [4.69, 9.17) is 21.6 Å². The van der Waals surface area contributed by atoms with Gasteiger partial charge in [0.1, 0.15) is 11.6 Å². The molecule has 3 aromatic carbocycles. The molecule has 1 aromatic heterocycles. The Balaban J connectivity index is 1.38. The molecule has 36 heavy (non-hydrogen) atoms. The number of carbonyl (C=O) groups excluding carboxylic acids is 1. The molecule has 0 aliphatic carbocycles. The number of nitrogens with zero attached hydrogens (tertiary/aromatic N) is 2. The zero-order valence-corrected chi connectivity index (χ0v) is 19.2. The van der Waals surface area contributed by atoms with Gasteiger partial charge in [0.2, 0.25) is 0 Å². The SMILES string of the molecule is N#Cc1ccc(COCc2ccc(NC(=O)c3cc(-c4ccc(NN)c(N)n4)ccc3F)cc2)cc1. The van der Waals surface area contributed by atoms with Crippen molar-refractivity contribution < 1.29 is 13.9 Å². The van der Waals surface area contributed by atoms with Crippen molar-refractivity contribution in [3.05, 3.63) is 107 Å². The number of ether oxygens (including phenoxy) is 1. The van der Waals surface area contributed by atoms with E-state index in [0.29, 0.717) is 41.4 Å². The molecule has 1 amide bonds. The fourth-order valence-electron chi connectivity index (χ4n) is 3.46. The highest BCUT2D eigenvalue weighted by Gasteiger charge is 2.15. The molecule has 4 rings (SSSR count). The molecule has 4 aromatic rings. The summed E-state index contributed by atoms with van der Waals surface area (Å²) in [6.45, 7) is 0.783. The summed E-state index contributed by atoms with van der Waals surface area (Å²) in [7, 11) is 0. The first-order valence-electron chi connectivity index (χ1n) is 11.0. The van der Waals surface area contributed by atoms with Gasteiger partial charge in [-0.15, -0.1) is 0 Å². The topological polar surface area (TPSA) is 139 Å². The van der Waals surface area contributed by atoms with Crippen molar-refractivity contribution in [2.24, 2.45) is 5.84 Å². The van der Waals surface area contributed by atoms with Crippen molar-refractivity contribution in [3.8, 4) is 17.3 Å². The lowest BCUT2D eigenvalue weighted by Crippen LogP contribution is -2.14. The predicted octanol–water partition coefficient (Wildman–Crippen LogP) is 4.60. The van der Waals surface area contributed by atoms with Gasteiger partial charge in [-0.1, -0.05) is 24.3 Å². The van der Waals surface area contributed by atoms with Crippen molar-refractivity contribution >= 4 is 23.1 Å². The molecule has 1 heterocycles. The number of aromatic nitrogens is 1. The predicted molar refractivity (Wildman–Crippen MR) is 136 cm³/mol. The second kappa shape index (κ2) is 11.1. The Hall–Kier alpha value is -4.78. The van der Waals surface area contributed by atoms with Gasteiger partial charge in [0.15, 0.2) is 0 Å². The first kappa shape index (κ1) is 24.3. The van der Waals surface area contributed by atoms with Crippen LogP contribution in [-0.2, 0) is 18.0 Å². The van der Waals surface area contributed by atoms with Crippen LogP contribution < -0.4 is 22.3 Å². The number of amides is 1. The van der Waals surface area contributed by atoms with Crippen LogP contribution in [0, 0.1) is 17.1 Å². The molecule has 6 N–H and O–H groups in total. The van der Waals surface area contributed by atoms with Crippen molar-refractivity contribution in [3.63, 3.8) is 0 Å². The van der Waals surface area contributed by atoms with E-state index in [0.717, 1.165) is 11.1 Å². The van der Waals surface area contributed by atoms with Gasteiger partial charge in [0.05, 0.1) is 41.8 Å². The quantitative estimate of drug-likeness (QED) is 0.213. The van der Waals surface area contributed by atoms with Crippen molar-refractivity contribution in [2.75, 3.05) is 16.5 Å². The summed E-state index contributed by atoms with van der Waals surface area (Å²) in [5.74, 6) is 4.32. The molecule has 0 aliphatic rings. The zero-order chi connectivity index (χ0) is 25.5. The third kappa shape index (κ3) is 5.82. The summed E-state index contributed by atoms with van der Waals surface area (Å²) >= 11 is 0. The van der Waals surface area contributed by atoms with Gasteiger partial charge in [0, 0.05) is 11.3 Å². The number of carbonyl (C=O) groups is 1. The number of nitrogens with one attached hydrogen (secondary N) is 2. The lowest BCUT2D eigenvalue weighted by Gasteiger charge is -2.10. The molecular formula is C27H23FN6O2. The Morgan fingerprint density at radius 1 is 0.972 bits per heavy atom. The van der Waals surface area contributed by atoms with E-state index in [2.05, 4.69) is 21.8 Å². The lowest BCUT2D eigenvalue weighted by atomic mass is 10.1. The fraction of sp³-hybridized carbons (Fsp3) is 0.0741. The molecule has 0 bridgehead atoms. The molecular weight excluding hydrogens is 459 g/mol. The minimum Gasteiger partial charge on any atom is -0.382 e. The van der Waals surface area contributed by atoms with Crippen LogP contribution in [0.2, 0.25) is 0 Å². The molecule has 0 saturated carbocycles. The van der Waals surface area contributed by atoms with E-state index >= 15 is 0 Å². The number of halogens is 1. The maximum absolute atomic E-state index is 14.5. The number of rotatable bonds is 8. The number of anilines is 3. The molecule has 0 radical (unpaired) electrons. The molecule has 0 atom stereocenters. The summed E-state index contributed by atoms with van der Waals surface area (Å²) in [5, 5.41) is 11.6. The minimum absolute atomic E-state index is 0.122. The Morgan fingerprint density at radius 3 is 2.25 bits per heavy atom. The van der Waals surface area contributed by atoms with Crippen LogP contribution in [0.15, 0.2) is 78.9 Å². The number of nitriles is 1. The van der Waals surface area contributed by atoms with Gasteiger partial charge in [0.25, 0.3) is 5.91 Å². The summed E-state index contributed by atoms with van der Waals surface area (Å²) in [5.41, 5.74) is 12.6. The fourth-order valence-corrected chi connectivity index (χ4v) is 3.46. The number of benzene rings is 3. The number of pyridine rings is 1. The Labute approximate surface area is 207 Å². The van der Waals surface area contributed by atoms with Crippen LogP contribution in [0.5, 0.6) is 0 Å². The normalized spacial score (nSPS) is 10.5. The zero-order valence-electron chi connectivity index (χ0n) is 19.2. The number of nitrogens with two attached hydrogens (primary N) is 2. The van der Waals surface area contributed by atoms with Gasteiger partial charge >= 0.3 is 0 Å². The van der Waals surface area contributed by atoms with Crippen LogP contribution in [0.25, 0.3) is 11.3 Å². The molecule has 9 heteroatoms.